The quantitative estimate of drug-likeness (QED) is 0.660. The van der Waals surface area contributed by atoms with Gasteiger partial charge in [0.2, 0.25) is 0 Å². The zero-order valence-electron chi connectivity index (χ0n) is 17.0. The molecule has 1 amide bonds. The van der Waals surface area contributed by atoms with Crippen molar-refractivity contribution in [3.8, 4) is 11.4 Å². The lowest BCUT2D eigenvalue weighted by Gasteiger charge is -2.29. The fourth-order valence-electron chi connectivity index (χ4n) is 3.80. The summed E-state index contributed by atoms with van der Waals surface area (Å²) in [5, 5.41) is 0. The van der Waals surface area contributed by atoms with Crippen molar-refractivity contribution in [1.29, 1.82) is 0 Å². The molecule has 2 heterocycles. The molecule has 5 heteroatoms. The van der Waals surface area contributed by atoms with Gasteiger partial charge in [-0.1, -0.05) is 54.6 Å². The highest BCUT2D eigenvalue weighted by molar-refractivity contribution is 5.93. The summed E-state index contributed by atoms with van der Waals surface area (Å²) in [4.78, 5) is 26.8. The predicted molar refractivity (Wildman–Crippen MR) is 116 cm³/mol. The van der Waals surface area contributed by atoms with Crippen LogP contribution in [0.3, 0.4) is 0 Å². The normalized spacial score (nSPS) is 13.1. The van der Waals surface area contributed by atoms with E-state index in [-0.39, 0.29) is 5.91 Å². The van der Waals surface area contributed by atoms with Crippen molar-refractivity contribution in [3.63, 3.8) is 0 Å². The zero-order valence-corrected chi connectivity index (χ0v) is 17.0. The molecule has 29 heavy (non-hydrogen) atoms. The fraction of sp³-hybridized carbons (Fsp3) is 0.292. The topological polar surface area (TPSA) is 49.3 Å². The van der Waals surface area contributed by atoms with Gasteiger partial charge in [-0.25, -0.2) is 9.97 Å². The van der Waals surface area contributed by atoms with Gasteiger partial charge in [-0.05, 0) is 31.4 Å². The van der Waals surface area contributed by atoms with Crippen LogP contribution in [0, 0.1) is 0 Å². The molecule has 0 atom stereocenters. The van der Waals surface area contributed by atoms with Crippen LogP contribution in [0.25, 0.3) is 11.4 Å². The summed E-state index contributed by atoms with van der Waals surface area (Å²) in [6.07, 6.45) is 0.876. The second-order valence-corrected chi connectivity index (χ2v) is 7.22. The van der Waals surface area contributed by atoms with Crippen LogP contribution >= 0.6 is 0 Å². The van der Waals surface area contributed by atoms with Crippen LogP contribution in [0.5, 0.6) is 0 Å². The molecule has 1 aliphatic heterocycles. The van der Waals surface area contributed by atoms with E-state index < -0.39 is 0 Å². The van der Waals surface area contributed by atoms with E-state index in [1.807, 2.05) is 47.4 Å². The fourth-order valence-corrected chi connectivity index (χ4v) is 3.80. The molecule has 0 radical (unpaired) electrons. The number of hydrogen-bond donors (Lipinski definition) is 0. The van der Waals surface area contributed by atoms with Crippen molar-refractivity contribution in [1.82, 2.24) is 14.9 Å². The molecule has 0 N–H and O–H groups in total. The van der Waals surface area contributed by atoms with E-state index in [9.17, 15) is 4.79 Å². The molecule has 0 aliphatic carbocycles. The Morgan fingerprint density at radius 2 is 1.66 bits per heavy atom. The van der Waals surface area contributed by atoms with Crippen molar-refractivity contribution in [2.45, 2.75) is 26.8 Å². The van der Waals surface area contributed by atoms with Gasteiger partial charge in [-0.15, -0.1) is 0 Å². The van der Waals surface area contributed by atoms with Crippen molar-refractivity contribution in [2.24, 2.45) is 0 Å². The first-order valence-corrected chi connectivity index (χ1v) is 10.2. The van der Waals surface area contributed by atoms with Crippen LogP contribution in [-0.4, -0.2) is 40.4 Å². The summed E-state index contributed by atoms with van der Waals surface area (Å²) in [6, 6.07) is 20.0. The van der Waals surface area contributed by atoms with Gasteiger partial charge in [-0.3, -0.25) is 4.79 Å². The highest BCUT2D eigenvalue weighted by atomic mass is 16.2. The number of nitrogens with zero attached hydrogens (tertiary/aromatic N) is 4. The highest BCUT2D eigenvalue weighted by Crippen LogP contribution is 2.24. The van der Waals surface area contributed by atoms with Gasteiger partial charge in [0.05, 0.1) is 0 Å². The van der Waals surface area contributed by atoms with Crippen LogP contribution < -0.4 is 4.90 Å². The summed E-state index contributed by atoms with van der Waals surface area (Å²) in [5.41, 5.74) is 3.92. The Labute approximate surface area is 172 Å². The largest absolute Gasteiger partial charge is 0.357 e. The summed E-state index contributed by atoms with van der Waals surface area (Å²) in [7, 11) is 0. The number of amides is 1. The third-order valence-corrected chi connectivity index (χ3v) is 5.47. The van der Waals surface area contributed by atoms with E-state index in [1.54, 1.807) is 0 Å². The Balaban J connectivity index is 1.70. The molecule has 5 nitrogen and oxygen atoms in total. The van der Waals surface area contributed by atoms with Crippen molar-refractivity contribution in [3.05, 3.63) is 77.5 Å². The number of carbonyl (C=O) groups excluding carboxylic acids is 1. The molecule has 3 aromatic rings. The minimum absolute atomic E-state index is 0.0347. The van der Waals surface area contributed by atoms with Crippen molar-refractivity contribution >= 4 is 11.7 Å². The minimum Gasteiger partial charge on any atom is -0.357 e. The molecule has 1 aliphatic rings. The van der Waals surface area contributed by atoms with Gasteiger partial charge < -0.3 is 9.80 Å². The number of anilines is 1. The zero-order chi connectivity index (χ0) is 20.2. The maximum Gasteiger partial charge on any atom is 0.272 e. The number of fused-ring (bicyclic) bond motifs is 1. The van der Waals surface area contributed by atoms with Crippen LogP contribution in [0.2, 0.25) is 0 Å². The summed E-state index contributed by atoms with van der Waals surface area (Å²) >= 11 is 0. The van der Waals surface area contributed by atoms with Crippen molar-refractivity contribution < 1.29 is 4.79 Å². The SMILES string of the molecule is CCN(CC)c1cc(C(=O)N2CCc3ccccc3C2)nc(-c2ccccc2)n1. The third kappa shape index (κ3) is 3.99. The predicted octanol–water partition coefficient (Wildman–Crippen LogP) is 4.19. The van der Waals surface area contributed by atoms with E-state index in [1.165, 1.54) is 11.1 Å². The molecule has 0 bridgehead atoms. The maximum atomic E-state index is 13.4. The van der Waals surface area contributed by atoms with Crippen LogP contribution in [-0.2, 0) is 13.0 Å². The molecule has 0 unspecified atom stereocenters. The first-order valence-electron chi connectivity index (χ1n) is 10.2. The molecule has 4 rings (SSSR count). The van der Waals surface area contributed by atoms with Crippen LogP contribution in [0.4, 0.5) is 5.82 Å². The van der Waals surface area contributed by atoms with Crippen LogP contribution in [0.15, 0.2) is 60.7 Å². The van der Waals surface area contributed by atoms with Crippen molar-refractivity contribution in [2.75, 3.05) is 24.5 Å². The number of aromatic nitrogens is 2. The number of carbonyl (C=O) groups is 1. The number of benzene rings is 2. The lowest BCUT2D eigenvalue weighted by atomic mass is 10.00. The first kappa shape index (κ1) is 19.1. The lowest BCUT2D eigenvalue weighted by Crippen LogP contribution is -2.36. The molecular weight excluding hydrogens is 360 g/mol. The Morgan fingerprint density at radius 3 is 2.38 bits per heavy atom. The molecule has 148 valence electrons. The molecule has 0 saturated heterocycles. The van der Waals surface area contributed by atoms with E-state index in [0.29, 0.717) is 24.6 Å². The van der Waals surface area contributed by atoms with E-state index >= 15 is 0 Å². The number of rotatable bonds is 5. The third-order valence-electron chi connectivity index (χ3n) is 5.47. The van der Waals surface area contributed by atoms with E-state index in [4.69, 9.17) is 4.98 Å². The Hall–Kier alpha value is -3.21. The monoisotopic (exact) mass is 386 g/mol. The van der Waals surface area contributed by atoms with Crippen LogP contribution in [0.1, 0.15) is 35.5 Å². The molecular formula is C24H26N4O. The molecule has 1 aromatic heterocycles. The standard InChI is InChI=1S/C24H26N4O/c1-3-27(4-2)22-16-21(25-23(26-22)19-11-6-5-7-12-19)24(29)28-15-14-18-10-8-9-13-20(18)17-28/h5-13,16H,3-4,14-15,17H2,1-2H3. The maximum absolute atomic E-state index is 13.4. The summed E-state index contributed by atoms with van der Waals surface area (Å²) in [6.45, 7) is 7.17. The molecule has 0 fully saturated rings. The molecule has 2 aromatic carbocycles. The van der Waals surface area contributed by atoms with E-state index in [0.717, 1.165) is 30.9 Å². The Morgan fingerprint density at radius 1 is 0.966 bits per heavy atom. The Kier molecular flexibility index (Phi) is 5.56. The Bertz CT molecular complexity index is 999. The average molecular weight is 386 g/mol. The summed E-state index contributed by atoms with van der Waals surface area (Å²) < 4.78 is 0. The second-order valence-electron chi connectivity index (χ2n) is 7.22. The number of hydrogen-bond acceptors (Lipinski definition) is 4. The molecule has 0 saturated carbocycles. The highest BCUT2D eigenvalue weighted by Gasteiger charge is 2.24. The molecule has 0 spiro atoms. The van der Waals surface area contributed by atoms with Gasteiger partial charge in [0.1, 0.15) is 11.5 Å². The van der Waals surface area contributed by atoms with Gasteiger partial charge >= 0.3 is 0 Å². The lowest BCUT2D eigenvalue weighted by molar-refractivity contribution is 0.0728. The smallest absolute Gasteiger partial charge is 0.272 e. The average Bonchev–Trinajstić information content (AvgIpc) is 2.79. The first-order chi connectivity index (χ1) is 14.2. The second kappa shape index (κ2) is 8.43. The van der Waals surface area contributed by atoms with Gasteiger partial charge in [0, 0.05) is 37.8 Å². The minimum atomic E-state index is -0.0347. The van der Waals surface area contributed by atoms with Gasteiger partial charge in [0.25, 0.3) is 5.91 Å². The van der Waals surface area contributed by atoms with E-state index in [2.05, 4.69) is 41.9 Å². The van der Waals surface area contributed by atoms with Gasteiger partial charge in [-0.2, -0.15) is 0 Å². The summed E-state index contributed by atoms with van der Waals surface area (Å²) in [5.74, 6) is 1.35. The van der Waals surface area contributed by atoms with Gasteiger partial charge in [0.15, 0.2) is 5.82 Å².